The normalized spacial score (nSPS) is 12.3. The number of carbonyl (C=O) groups is 1. The minimum absolute atomic E-state index is 0.314. The molecule has 14 heavy (non-hydrogen) atoms. The van der Waals surface area contributed by atoms with Crippen molar-refractivity contribution >= 4 is 29.2 Å². The third-order valence-corrected chi connectivity index (χ3v) is 2.06. The van der Waals surface area contributed by atoms with Gasteiger partial charge in [-0.25, -0.2) is 4.79 Å². The summed E-state index contributed by atoms with van der Waals surface area (Å²) in [5, 5.41) is 10.2. The first-order chi connectivity index (χ1) is 6.54. The lowest BCUT2D eigenvalue weighted by molar-refractivity contribution is -0.150. The highest BCUT2D eigenvalue weighted by molar-refractivity contribution is 6.34. The molecule has 0 spiro atoms. The molecule has 0 heterocycles. The van der Waals surface area contributed by atoms with Crippen molar-refractivity contribution < 1.29 is 14.6 Å². The molecule has 1 aromatic carbocycles. The maximum atomic E-state index is 11.0. The average Bonchev–Trinajstić information content (AvgIpc) is 2.14. The lowest BCUT2D eigenvalue weighted by Gasteiger charge is -2.09. The first-order valence-electron chi connectivity index (χ1n) is 3.76. The van der Waals surface area contributed by atoms with Crippen molar-refractivity contribution in [2.45, 2.75) is 6.10 Å². The predicted molar refractivity (Wildman–Crippen MR) is 53.4 cm³/mol. The fraction of sp³-hybridized carbons (Fsp3) is 0.222. The maximum Gasteiger partial charge on any atom is 0.339 e. The fourth-order valence-corrected chi connectivity index (χ4v) is 1.52. The zero-order valence-electron chi connectivity index (χ0n) is 7.33. The van der Waals surface area contributed by atoms with E-state index in [2.05, 4.69) is 4.74 Å². The zero-order valence-corrected chi connectivity index (χ0v) is 8.84. The average molecular weight is 235 g/mol. The molecular weight excluding hydrogens is 227 g/mol. The summed E-state index contributed by atoms with van der Waals surface area (Å²) < 4.78 is 4.37. The minimum Gasteiger partial charge on any atom is -0.467 e. The predicted octanol–water partition coefficient (Wildman–Crippen LogP) is 2.20. The van der Waals surface area contributed by atoms with Crippen molar-refractivity contribution in [3.63, 3.8) is 0 Å². The van der Waals surface area contributed by atoms with E-state index in [0.717, 1.165) is 0 Å². The van der Waals surface area contributed by atoms with Gasteiger partial charge in [-0.05, 0) is 23.8 Å². The highest BCUT2D eigenvalue weighted by atomic mass is 35.5. The fourth-order valence-electron chi connectivity index (χ4n) is 0.981. The van der Waals surface area contributed by atoms with Gasteiger partial charge in [0.1, 0.15) is 0 Å². The van der Waals surface area contributed by atoms with Crippen LogP contribution in [0.5, 0.6) is 0 Å². The topological polar surface area (TPSA) is 46.5 Å². The van der Waals surface area contributed by atoms with Gasteiger partial charge in [0.15, 0.2) is 6.10 Å². The highest BCUT2D eigenvalue weighted by Gasteiger charge is 2.18. The van der Waals surface area contributed by atoms with Crippen molar-refractivity contribution in [3.05, 3.63) is 33.8 Å². The van der Waals surface area contributed by atoms with Gasteiger partial charge in [-0.15, -0.1) is 0 Å². The number of esters is 1. The number of benzene rings is 1. The van der Waals surface area contributed by atoms with Gasteiger partial charge in [-0.1, -0.05) is 23.2 Å². The molecule has 5 heteroatoms. The van der Waals surface area contributed by atoms with Gasteiger partial charge in [-0.3, -0.25) is 0 Å². The smallest absolute Gasteiger partial charge is 0.339 e. The van der Waals surface area contributed by atoms with E-state index in [-0.39, 0.29) is 0 Å². The van der Waals surface area contributed by atoms with E-state index < -0.39 is 12.1 Å². The first-order valence-corrected chi connectivity index (χ1v) is 4.52. The van der Waals surface area contributed by atoms with E-state index in [1.165, 1.54) is 25.3 Å². The van der Waals surface area contributed by atoms with Crippen LogP contribution in [0.4, 0.5) is 0 Å². The third-order valence-electron chi connectivity index (χ3n) is 1.63. The van der Waals surface area contributed by atoms with Gasteiger partial charge in [0, 0.05) is 10.0 Å². The number of carbonyl (C=O) groups excluding carboxylic acids is 1. The number of aliphatic hydroxyl groups is 1. The maximum absolute atomic E-state index is 11.0. The van der Waals surface area contributed by atoms with E-state index in [9.17, 15) is 9.90 Å². The van der Waals surface area contributed by atoms with Crippen LogP contribution >= 0.6 is 23.2 Å². The standard InChI is InChI=1S/C9H8Cl2O3/c1-14-9(13)8(12)5-2-6(10)4-7(11)3-5/h2-4,8,12H,1H3/t8-/m1/s1. The summed E-state index contributed by atoms with van der Waals surface area (Å²) in [6.45, 7) is 0. The Morgan fingerprint density at radius 3 is 2.29 bits per heavy atom. The molecule has 0 saturated heterocycles. The van der Waals surface area contributed by atoms with Gasteiger partial charge in [0.2, 0.25) is 0 Å². The Morgan fingerprint density at radius 1 is 1.36 bits per heavy atom. The quantitative estimate of drug-likeness (QED) is 0.799. The van der Waals surface area contributed by atoms with Crippen molar-refractivity contribution in [1.82, 2.24) is 0 Å². The summed E-state index contributed by atoms with van der Waals surface area (Å²) in [7, 11) is 1.19. The monoisotopic (exact) mass is 234 g/mol. The molecule has 3 nitrogen and oxygen atoms in total. The lowest BCUT2D eigenvalue weighted by atomic mass is 10.1. The SMILES string of the molecule is COC(=O)[C@H](O)c1cc(Cl)cc(Cl)c1. The molecule has 0 amide bonds. The number of rotatable bonds is 2. The second-order valence-corrected chi connectivity index (χ2v) is 3.50. The molecule has 0 saturated carbocycles. The van der Waals surface area contributed by atoms with Crippen molar-refractivity contribution in [1.29, 1.82) is 0 Å². The molecular formula is C9H8Cl2O3. The Kier molecular flexibility index (Phi) is 3.75. The zero-order chi connectivity index (χ0) is 10.7. The molecule has 0 aliphatic carbocycles. The van der Waals surface area contributed by atoms with E-state index in [0.29, 0.717) is 15.6 Å². The van der Waals surface area contributed by atoms with Crippen LogP contribution in [0, 0.1) is 0 Å². The molecule has 0 aliphatic rings. The summed E-state index contributed by atoms with van der Waals surface area (Å²) >= 11 is 11.4. The van der Waals surface area contributed by atoms with Crippen molar-refractivity contribution in [2.75, 3.05) is 7.11 Å². The molecule has 1 rings (SSSR count). The molecule has 0 aliphatic heterocycles. The molecule has 1 N–H and O–H groups in total. The Balaban J connectivity index is 3.00. The number of ether oxygens (including phenoxy) is 1. The van der Waals surface area contributed by atoms with Crippen LogP contribution in [0.3, 0.4) is 0 Å². The summed E-state index contributed by atoms with van der Waals surface area (Å²) in [6.07, 6.45) is -1.35. The molecule has 0 unspecified atom stereocenters. The van der Waals surface area contributed by atoms with Crippen LogP contribution in [-0.4, -0.2) is 18.2 Å². The number of aliphatic hydroxyl groups excluding tert-OH is 1. The Bertz CT molecular complexity index is 332. The van der Waals surface area contributed by atoms with Crippen molar-refractivity contribution in [2.24, 2.45) is 0 Å². The second-order valence-electron chi connectivity index (χ2n) is 2.63. The third kappa shape index (κ3) is 2.61. The molecule has 1 aromatic rings. The molecule has 0 radical (unpaired) electrons. The number of hydrogen-bond acceptors (Lipinski definition) is 3. The molecule has 1 atom stereocenters. The van der Waals surface area contributed by atoms with Gasteiger partial charge in [0.25, 0.3) is 0 Å². The van der Waals surface area contributed by atoms with Crippen LogP contribution in [0.2, 0.25) is 10.0 Å². The molecule has 0 aromatic heterocycles. The lowest BCUT2D eigenvalue weighted by Crippen LogP contribution is -2.13. The Morgan fingerprint density at radius 2 is 1.86 bits per heavy atom. The summed E-state index contributed by atoms with van der Waals surface area (Å²) in [6, 6.07) is 4.42. The number of methoxy groups -OCH3 is 1. The van der Waals surface area contributed by atoms with Crippen LogP contribution in [0.1, 0.15) is 11.7 Å². The molecule has 0 bridgehead atoms. The van der Waals surface area contributed by atoms with Crippen LogP contribution in [-0.2, 0) is 9.53 Å². The highest BCUT2D eigenvalue weighted by Crippen LogP contribution is 2.23. The number of halogens is 2. The second kappa shape index (κ2) is 4.64. The van der Waals surface area contributed by atoms with Gasteiger partial charge >= 0.3 is 5.97 Å². The first kappa shape index (κ1) is 11.3. The van der Waals surface area contributed by atoms with Gasteiger partial charge in [0.05, 0.1) is 7.11 Å². The summed E-state index contributed by atoms with van der Waals surface area (Å²) in [5.74, 6) is -0.747. The van der Waals surface area contributed by atoms with Crippen LogP contribution in [0.15, 0.2) is 18.2 Å². The van der Waals surface area contributed by atoms with Gasteiger partial charge in [-0.2, -0.15) is 0 Å². The van der Waals surface area contributed by atoms with E-state index >= 15 is 0 Å². The minimum atomic E-state index is -1.35. The largest absolute Gasteiger partial charge is 0.467 e. The van der Waals surface area contributed by atoms with Gasteiger partial charge < -0.3 is 9.84 Å². The summed E-state index contributed by atoms with van der Waals surface area (Å²) in [5.41, 5.74) is 0.314. The molecule has 76 valence electrons. The van der Waals surface area contributed by atoms with E-state index in [4.69, 9.17) is 23.2 Å². The summed E-state index contributed by atoms with van der Waals surface area (Å²) in [4.78, 5) is 11.0. The molecule has 0 fully saturated rings. The Hall–Kier alpha value is -0.770. The van der Waals surface area contributed by atoms with E-state index in [1.807, 2.05) is 0 Å². The number of hydrogen-bond donors (Lipinski definition) is 1. The Labute approximate surface area is 91.2 Å². The van der Waals surface area contributed by atoms with Crippen molar-refractivity contribution in [3.8, 4) is 0 Å². The van der Waals surface area contributed by atoms with Crippen LogP contribution in [0.25, 0.3) is 0 Å². The van der Waals surface area contributed by atoms with E-state index in [1.54, 1.807) is 0 Å². The van der Waals surface area contributed by atoms with Crippen LogP contribution < -0.4 is 0 Å².